The fourth-order valence-electron chi connectivity index (χ4n) is 2.74. The summed E-state index contributed by atoms with van der Waals surface area (Å²) in [5.41, 5.74) is 3.91. The van der Waals surface area contributed by atoms with Crippen molar-refractivity contribution in [3.05, 3.63) is 71.0 Å². The Labute approximate surface area is 161 Å². The van der Waals surface area contributed by atoms with Gasteiger partial charge in [-0.05, 0) is 43.3 Å². The maximum Gasteiger partial charge on any atom is 0.223 e. The van der Waals surface area contributed by atoms with Gasteiger partial charge in [-0.25, -0.2) is 4.98 Å². The molecule has 0 saturated carbocycles. The third kappa shape index (κ3) is 3.85. The number of rotatable bonds is 5. The summed E-state index contributed by atoms with van der Waals surface area (Å²) in [7, 11) is 0. The molecule has 0 fully saturated rings. The first-order valence-corrected chi connectivity index (χ1v) is 8.81. The van der Waals surface area contributed by atoms with Gasteiger partial charge >= 0.3 is 0 Å². The van der Waals surface area contributed by atoms with E-state index in [9.17, 15) is 0 Å². The first-order valence-electron chi connectivity index (χ1n) is 8.43. The van der Waals surface area contributed by atoms with Gasteiger partial charge in [-0.2, -0.15) is 4.98 Å². The molecule has 0 aliphatic heterocycles. The average Bonchev–Trinajstić information content (AvgIpc) is 3.27. The van der Waals surface area contributed by atoms with Crippen molar-refractivity contribution in [2.75, 3.05) is 0 Å². The van der Waals surface area contributed by atoms with E-state index < -0.39 is 0 Å². The second-order valence-corrected chi connectivity index (χ2v) is 6.55. The molecule has 0 radical (unpaired) electrons. The topological polar surface area (TPSA) is 76.8 Å². The Hall–Kier alpha value is -3.12. The molecule has 2 aromatic heterocycles. The molecule has 0 bridgehead atoms. The number of benzene rings is 2. The lowest BCUT2D eigenvalue weighted by Crippen LogP contribution is -1.97. The molecule has 4 rings (SSSR count). The van der Waals surface area contributed by atoms with E-state index in [1.807, 2.05) is 55.5 Å². The van der Waals surface area contributed by atoms with Crippen molar-refractivity contribution in [2.24, 2.45) is 0 Å². The largest absolute Gasteiger partial charge is 0.485 e. The molecule has 0 spiro atoms. The van der Waals surface area contributed by atoms with Crippen molar-refractivity contribution >= 4 is 11.6 Å². The molecule has 6 nitrogen and oxygen atoms in total. The van der Waals surface area contributed by atoms with E-state index in [-0.39, 0.29) is 6.61 Å². The number of ether oxygens (including phenoxy) is 1. The minimum absolute atomic E-state index is 0.261. The van der Waals surface area contributed by atoms with Gasteiger partial charge in [0, 0.05) is 28.8 Å². The molecule has 27 heavy (non-hydrogen) atoms. The SMILES string of the molecule is Cc1nc(COc2ccc(-c3nc(-c4ccc(Cl)cc4)c(C)[nH]3)cc2)no1. The second-order valence-electron chi connectivity index (χ2n) is 6.11. The predicted octanol–water partition coefficient (Wildman–Crippen LogP) is 4.98. The second kappa shape index (κ2) is 7.25. The zero-order valence-electron chi connectivity index (χ0n) is 14.9. The molecular formula is C20H17ClN4O2. The van der Waals surface area contributed by atoms with Gasteiger partial charge in [0.1, 0.15) is 11.6 Å². The minimum atomic E-state index is 0.261. The lowest BCUT2D eigenvalue weighted by molar-refractivity contribution is 0.286. The zero-order chi connectivity index (χ0) is 18.8. The zero-order valence-corrected chi connectivity index (χ0v) is 15.6. The third-order valence-electron chi connectivity index (χ3n) is 4.07. The van der Waals surface area contributed by atoms with Crippen LogP contribution in [-0.4, -0.2) is 20.1 Å². The smallest absolute Gasteiger partial charge is 0.223 e. The van der Waals surface area contributed by atoms with Crippen LogP contribution in [0.4, 0.5) is 0 Å². The van der Waals surface area contributed by atoms with Crippen molar-refractivity contribution in [1.82, 2.24) is 20.1 Å². The fourth-order valence-corrected chi connectivity index (χ4v) is 2.87. The van der Waals surface area contributed by atoms with E-state index in [1.165, 1.54) is 0 Å². The molecule has 1 N–H and O–H groups in total. The molecule has 0 aliphatic carbocycles. The summed E-state index contributed by atoms with van der Waals surface area (Å²) in [6.07, 6.45) is 0. The Morgan fingerprint density at radius 1 is 0.963 bits per heavy atom. The van der Waals surface area contributed by atoms with Crippen LogP contribution in [0.1, 0.15) is 17.4 Å². The van der Waals surface area contributed by atoms with Crippen LogP contribution >= 0.6 is 11.6 Å². The molecular weight excluding hydrogens is 364 g/mol. The van der Waals surface area contributed by atoms with Gasteiger partial charge in [-0.3, -0.25) is 0 Å². The number of imidazole rings is 1. The molecule has 7 heteroatoms. The molecule has 4 aromatic rings. The van der Waals surface area contributed by atoms with Crippen molar-refractivity contribution in [3.63, 3.8) is 0 Å². The predicted molar refractivity (Wildman–Crippen MR) is 103 cm³/mol. The standard InChI is InChI=1S/C20H17ClN4O2/c1-12-19(14-3-7-16(21)8-4-14)24-20(22-12)15-5-9-17(10-6-15)26-11-18-23-13(2)27-25-18/h3-10H,11H2,1-2H3,(H,22,24). The quantitative estimate of drug-likeness (QED) is 0.528. The minimum Gasteiger partial charge on any atom is -0.485 e. The normalized spacial score (nSPS) is 10.9. The number of halogens is 1. The van der Waals surface area contributed by atoms with Gasteiger partial charge in [0.15, 0.2) is 6.61 Å². The molecule has 0 unspecified atom stereocenters. The first-order chi connectivity index (χ1) is 13.1. The molecule has 136 valence electrons. The number of nitrogens with one attached hydrogen (secondary N) is 1. The highest BCUT2D eigenvalue weighted by molar-refractivity contribution is 6.30. The van der Waals surface area contributed by atoms with Crippen LogP contribution in [0.2, 0.25) is 5.02 Å². The van der Waals surface area contributed by atoms with E-state index in [0.717, 1.165) is 34.1 Å². The summed E-state index contributed by atoms with van der Waals surface area (Å²) in [6, 6.07) is 15.4. The summed E-state index contributed by atoms with van der Waals surface area (Å²) in [4.78, 5) is 12.2. The highest BCUT2D eigenvalue weighted by Crippen LogP contribution is 2.27. The van der Waals surface area contributed by atoms with Crippen molar-refractivity contribution in [2.45, 2.75) is 20.5 Å². The van der Waals surface area contributed by atoms with Crippen LogP contribution in [0, 0.1) is 13.8 Å². The van der Waals surface area contributed by atoms with Crippen LogP contribution < -0.4 is 4.74 Å². The van der Waals surface area contributed by atoms with E-state index in [4.69, 9.17) is 25.8 Å². The average molecular weight is 381 g/mol. The molecule has 0 aliphatic rings. The summed E-state index contributed by atoms with van der Waals surface area (Å²) >= 11 is 5.97. The molecule has 2 aromatic carbocycles. The van der Waals surface area contributed by atoms with E-state index in [0.29, 0.717) is 16.7 Å². The van der Waals surface area contributed by atoms with Gasteiger partial charge in [0.05, 0.1) is 5.69 Å². The maximum absolute atomic E-state index is 5.97. The number of hydrogen-bond acceptors (Lipinski definition) is 5. The first kappa shape index (κ1) is 17.3. The maximum atomic E-state index is 5.97. The van der Waals surface area contributed by atoms with Gasteiger partial charge in [0.2, 0.25) is 11.7 Å². The van der Waals surface area contributed by atoms with Crippen molar-refractivity contribution in [1.29, 1.82) is 0 Å². The van der Waals surface area contributed by atoms with Gasteiger partial charge in [-0.1, -0.05) is 28.9 Å². The molecule has 0 saturated heterocycles. The van der Waals surface area contributed by atoms with Crippen LogP contribution in [0.25, 0.3) is 22.6 Å². The van der Waals surface area contributed by atoms with E-state index >= 15 is 0 Å². The van der Waals surface area contributed by atoms with Crippen molar-refractivity contribution in [3.8, 4) is 28.4 Å². The van der Waals surface area contributed by atoms with Crippen LogP contribution in [0.15, 0.2) is 53.1 Å². The molecule has 2 heterocycles. The fraction of sp³-hybridized carbons (Fsp3) is 0.150. The Balaban J connectivity index is 1.50. The Bertz CT molecular complexity index is 1050. The number of aromatic nitrogens is 4. The van der Waals surface area contributed by atoms with Crippen molar-refractivity contribution < 1.29 is 9.26 Å². The third-order valence-corrected chi connectivity index (χ3v) is 4.32. The summed E-state index contributed by atoms with van der Waals surface area (Å²) in [6.45, 7) is 4.01. The van der Waals surface area contributed by atoms with Crippen LogP contribution in [0.3, 0.4) is 0 Å². The number of H-pyrrole nitrogens is 1. The molecule has 0 atom stereocenters. The highest BCUT2D eigenvalue weighted by Gasteiger charge is 2.11. The summed E-state index contributed by atoms with van der Waals surface area (Å²) in [5, 5.41) is 4.52. The van der Waals surface area contributed by atoms with Gasteiger partial charge in [-0.15, -0.1) is 0 Å². The van der Waals surface area contributed by atoms with Crippen LogP contribution in [-0.2, 0) is 6.61 Å². The lowest BCUT2D eigenvalue weighted by atomic mass is 10.1. The van der Waals surface area contributed by atoms with Crippen LogP contribution in [0.5, 0.6) is 5.75 Å². The molecule has 0 amide bonds. The van der Waals surface area contributed by atoms with E-state index in [1.54, 1.807) is 6.92 Å². The van der Waals surface area contributed by atoms with Gasteiger partial charge < -0.3 is 14.2 Å². The Morgan fingerprint density at radius 3 is 2.33 bits per heavy atom. The highest BCUT2D eigenvalue weighted by atomic mass is 35.5. The number of aromatic amines is 1. The summed E-state index contributed by atoms with van der Waals surface area (Å²) < 4.78 is 10.6. The number of hydrogen-bond donors (Lipinski definition) is 1. The number of nitrogens with zero attached hydrogens (tertiary/aromatic N) is 3. The van der Waals surface area contributed by atoms with Gasteiger partial charge in [0.25, 0.3) is 0 Å². The Morgan fingerprint density at radius 2 is 1.67 bits per heavy atom. The summed E-state index contributed by atoms with van der Waals surface area (Å²) in [5.74, 6) is 2.57. The van der Waals surface area contributed by atoms with E-state index in [2.05, 4.69) is 15.1 Å². The lowest BCUT2D eigenvalue weighted by Gasteiger charge is -2.04. The monoisotopic (exact) mass is 380 g/mol. The Kier molecular flexibility index (Phi) is 4.64. The number of aryl methyl sites for hydroxylation is 2.